The van der Waals surface area contributed by atoms with Crippen LogP contribution < -0.4 is 5.32 Å². The molecule has 0 atom stereocenters. The Hall–Kier alpha value is -1.91. The first-order valence-corrected chi connectivity index (χ1v) is 13.5. The van der Waals surface area contributed by atoms with Crippen LogP contribution >= 0.6 is 11.8 Å². The van der Waals surface area contributed by atoms with E-state index in [2.05, 4.69) is 29.4 Å². The van der Waals surface area contributed by atoms with Crippen molar-refractivity contribution in [2.45, 2.75) is 58.1 Å². The van der Waals surface area contributed by atoms with Crippen molar-refractivity contribution in [3.8, 4) is 11.4 Å². The summed E-state index contributed by atoms with van der Waals surface area (Å²) in [7, 11) is -3.58. The summed E-state index contributed by atoms with van der Waals surface area (Å²) in [6.45, 7) is 14.0. The fraction of sp³-hybridized carbons (Fsp3) is 0.591. The minimum atomic E-state index is -3.58. The Labute approximate surface area is 196 Å². The molecule has 0 aliphatic carbocycles. The molecule has 0 fully saturated rings. The summed E-state index contributed by atoms with van der Waals surface area (Å²) in [4.78, 5) is 12.4. The standard InChI is InChI=1S/C22H35N5O3S2/c1-7-26(8-2)32(29,30)19-11-9-10-18(12-19)21-24-25-22(27(21)14-17(5)6)31-15-20(28)23-13-16(3)4/h9-12,16-17H,7-8,13-15H2,1-6H3,(H,23,28). The quantitative estimate of drug-likeness (QED) is 0.466. The highest BCUT2D eigenvalue weighted by Crippen LogP contribution is 2.27. The van der Waals surface area contributed by atoms with Gasteiger partial charge >= 0.3 is 0 Å². The topological polar surface area (TPSA) is 97.2 Å². The van der Waals surface area contributed by atoms with Gasteiger partial charge in [-0.05, 0) is 24.0 Å². The largest absolute Gasteiger partial charge is 0.355 e. The Bertz CT molecular complexity index is 999. The van der Waals surface area contributed by atoms with Crippen LogP contribution in [-0.2, 0) is 21.4 Å². The van der Waals surface area contributed by atoms with Gasteiger partial charge in [0, 0.05) is 31.7 Å². The Kier molecular flexibility index (Phi) is 9.72. The number of carbonyl (C=O) groups is 1. The Morgan fingerprint density at radius 1 is 1.12 bits per heavy atom. The minimum absolute atomic E-state index is 0.0448. The minimum Gasteiger partial charge on any atom is -0.355 e. The number of carbonyl (C=O) groups excluding carboxylic acids is 1. The maximum absolute atomic E-state index is 13.0. The highest BCUT2D eigenvalue weighted by Gasteiger charge is 2.23. The van der Waals surface area contributed by atoms with Crippen molar-refractivity contribution in [1.82, 2.24) is 24.4 Å². The van der Waals surface area contributed by atoms with Crippen LogP contribution in [0.4, 0.5) is 0 Å². The zero-order chi connectivity index (χ0) is 23.9. The first-order chi connectivity index (χ1) is 15.1. The van der Waals surface area contributed by atoms with Crippen LogP contribution in [0.25, 0.3) is 11.4 Å². The van der Waals surface area contributed by atoms with E-state index >= 15 is 0 Å². The molecule has 1 amide bonds. The molecule has 0 unspecified atom stereocenters. The number of nitrogens with one attached hydrogen (secondary N) is 1. The molecule has 0 spiro atoms. The third-order valence-electron chi connectivity index (χ3n) is 4.74. The van der Waals surface area contributed by atoms with E-state index in [1.807, 2.05) is 38.3 Å². The normalized spacial score (nSPS) is 12.2. The molecule has 0 aliphatic heterocycles. The second-order valence-electron chi connectivity index (χ2n) is 8.41. The molecule has 32 heavy (non-hydrogen) atoms. The highest BCUT2D eigenvalue weighted by atomic mass is 32.2. The van der Waals surface area contributed by atoms with Crippen LogP contribution in [0.1, 0.15) is 41.5 Å². The average Bonchev–Trinajstić information content (AvgIpc) is 3.13. The summed E-state index contributed by atoms with van der Waals surface area (Å²) >= 11 is 1.34. The van der Waals surface area contributed by atoms with Crippen molar-refractivity contribution in [2.24, 2.45) is 11.8 Å². The predicted octanol–water partition coefficient (Wildman–Crippen LogP) is 3.50. The summed E-state index contributed by atoms with van der Waals surface area (Å²) in [5.74, 6) is 1.51. The molecule has 1 aromatic carbocycles. The van der Waals surface area contributed by atoms with E-state index in [0.717, 1.165) is 0 Å². The molecule has 0 saturated heterocycles. The lowest BCUT2D eigenvalue weighted by Gasteiger charge is -2.19. The van der Waals surface area contributed by atoms with Crippen molar-refractivity contribution in [3.63, 3.8) is 0 Å². The highest BCUT2D eigenvalue weighted by molar-refractivity contribution is 7.99. The molecule has 1 aromatic heterocycles. The predicted molar refractivity (Wildman–Crippen MR) is 129 cm³/mol. The molecule has 1 N–H and O–H groups in total. The Morgan fingerprint density at radius 2 is 1.81 bits per heavy atom. The average molecular weight is 482 g/mol. The van der Waals surface area contributed by atoms with E-state index in [1.165, 1.54) is 16.1 Å². The molecule has 0 bridgehead atoms. The summed E-state index contributed by atoms with van der Waals surface area (Å²) < 4.78 is 29.3. The van der Waals surface area contributed by atoms with Gasteiger partial charge in [-0.1, -0.05) is 65.4 Å². The van der Waals surface area contributed by atoms with Gasteiger partial charge in [-0.25, -0.2) is 8.42 Å². The van der Waals surface area contributed by atoms with Crippen LogP contribution in [0.2, 0.25) is 0 Å². The number of benzene rings is 1. The second-order valence-corrected chi connectivity index (χ2v) is 11.3. The van der Waals surface area contributed by atoms with E-state index in [4.69, 9.17) is 0 Å². The first kappa shape index (κ1) is 26.3. The molecule has 0 radical (unpaired) electrons. The van der Waals surface area contributed by atoms with Gasteiger partial charge in [-0.15, -0.1) is 10.2 Å². The lowest BCUT2D eigenvalue weighted by atomic mass is 10.2. The van der Waals surface area contributed by atoms with Gasteiger partial charge in [0.05, 0.1) is 10.6 Å². The van der Waals surface area contributed by atoms with E-state index in [1.54, 1.807) is 18.2 Å². The van der Waals surface area contributed by atoms with Crippen LogP contribution in [0, 0.1) is 11.8 Å². The van der Waals surface area contributed by atoms with Gasteiger partial charge in [0.2, 0.25) is 15.9 Å². The van der Waals surface area contributed by atoms with Gasteiger partial charge in [-0.3, -0.25) is 4.79 Å². The molecule has 1 heterocycles. The third-order valence-corrected chi connectivity index (χ3v) is 7.75. The van der Waals surface area contributed by atoms with Gasteiger partial charge in [0.15, 0.2) is 11.0 Å². The molecular weight excluding hydrogens is 446 g/mol. The number of aromatic nitrogens is 3. The number of rotatable bonds is 12. The van der Waals surface area contributed by atoms with Crippen molar-refractivity contribution in [3.05, 3.63) is 24.3 Å². The fourth-order valence-corrected chi connectivity index (χ4v) is 5.43. The summed E-state index contributed by atoms with van der Waals surface area (Å²) in [6.07, 6.45) is 0. The van der Waals surface area contributed by atoms with Crippen LogP contribution in [0.5, 0.6) is 0 Å². The van der Waals surface area contributed by atoms with E-state index < -0.39 is 10.0 Å². The smallest absolute Gasteiger partial charge is 0.243 e. The Morgan fingerprint density at radius 3 is 2.41 bits per heavy atom. The third kappa shape index (κ3) is 6.79. The zero-order valence-electron chi connectivity index (χ0n) is 19.8. The number of sulfonamides is 1. The summed E-state index contributed by atoms with van der Waals surface area (Å²) in [6, 6.07) is 6.82. The van der Waals surface area contributed by atoms with Crippen LogP contribution in [-0.4, -0.2) is 58.8 Å². The molecule has 0 saturated carbocycles. The summed E-state index contributed by atoms with van der Waals surface area (Å²) in [5.41, 5.74) is 0.683. The Balaban J connectivity index is 2.35. The number of nitrogens with zero attached hydrogens (tertiary/aromatic N) is 4. The van der Waals surface area contributed by atoms with Gasteiger partial charge in [0.25, 0.3) is 0 Å². The van der Waals surface area contributed by atoms with Crippen molar-refractivity contribution >= 4 is 27.7 Å². The van der Waals surface area contributed by atoms with Gasteiger partial charge < -0.3 is 9.88 Å². The molecule has 2 aromatic rings. The van der Waals surface area contributed by atoms with Gasteiger partial charge in [0.1, 0.15) is 0 Å². The number of amides is 1. The molecule has 0 aliphatic rings. The van der Waals surface area contributed by atoms with E-state index in [0.29, 0.717) is 54.6 Å². The maximum atomic E-state index is 13.0. The van der Waals surface area contributed by atoms with Crippen molar-refractivity contribution in [1.29, 1.82) is 0 Å². The second kappa shape index (κ2) is 11.8. The van der Waals surface area contributed by atoms with Crippen LogP contribution in [0.3, 0.4) is 0 Å². The number of thioether (sulfide) groups is 1. The zero-order valence-corrected chi connectivity index (χ0v) is 21.5. The molecule has 8 nitrogen and oxygen atoms in total. The molecular formula is C22H35N5O3S2. The van der Waals surface area contributed by atoms with Crippen molar-refractivity contribution in [2.75, 3.05) is 25.4 Å². The molecule has 2 rings (SSSR count). The van der Waals surface area contributed by atoms with Gasteiger partial charge in [-0.2, -0.15) is 4.31 Å². The summed E-state index contributed by atoms with van der Waals surface area (Å²) in [5, 5.41) is 12.2. The first-order valence-electron chi connectivity index (χ1n) is 11.0. The lowest BCUT2D eigenvalue weighted by Crippen LogP contribution is -2.30. The molecule has 10 heteroatoms. The van der Waals surface area contributed by atoms with E-state index in [9.17, 15) is 13.2 Å². The number of hydrogen-bond donors (Lipinski definition) is 1. The fourth-order valence-electron chi connectivity index (χ4n) is 3.15. The monoisotopic (exact) mass is 481 g/mol. The number of hydrogen-bond acceptors (Lipinski definition) is 6. The molecule has 178 valence electrons. The van der Waals surface area contributed by atoms with Crippen molar-refractivity contribution < 1.29 is 13.2 Å². The SMILES string of the molecule is CCN(CC)S(=O)(=O)c1cccc(-c2nnc(SCC(=O)NCC(C)C)n2CC(C)C)c1. The lowest BCUT2D eigenvalue weighted by molar-refractivity contribution is -0.118. The maximum Gasteiger partial charge on any atom is 0.243 e. The van der Waals surface area contributed by atoms with E-state index in [-0.39, 0.29) is 16.6 Å². The van der Waals surface area contributed by atoms with Crippen LogP contribution in [0.15, 0.2) is 34.3 Å².